The number of pyridine rings is 1. The van der Waals surface area contributed by atoms with Crippen molar-refractivity contribution in [3.8, 4) is 0 Å². The highest BCUT2D eigenvalue weighted by molar-refractivity contribution is 6.01. The fraction of sp³-hybridized carbons (Fsp3) is 0.350. The molecular weight excluding hydrogens is 330 g/mol. The molecule has 0 radical (unpaired) electrons. The number of ether oxygens (including phenoxy) is 1. The van der Waals surface area contributed by atoms with E-state index in [-0.39, 0.29) is 18.0 Å². The van der Waals surface area contributed by atoms with E-state index in [9.17, 15) is 4.79 Å². The first-order chi connectivity index (χ1) is 12.7. The van der Waals surface area contributed by atoms with Gasteiger partial charge in [0.1, 0.15) is 0 Å². The maximum Gasteiger partial charge on any atom is 0.311 e. The van der Waals surface area contributed by atoms with E-state index in [1.807, 2.05) is 18.2 Å². The molecule has 0 amide bonds. The lowest BCUT2D eigenvalue weighted by molar-refractivity contribution is -0.151. The maximum absolute atomic E-state index is 11.4. The highest BCUT2D eigenvalue weighted by Gasteiger charge is 2.33. The van der Waals surface area contributed by atoms with Gasteiger partial charge in [0.2, 0.25) is 0 Å². The molecule has 2 aromatic rings. The number of carbonyl (C=O) groups excluding carboxylic acids is 1. The van der Waals surface area contributed by atoms with Crippen molar-refractivity contribution >= 4 is 11.7 Å². The number of hydrogen-bond acceptors (Lipinski definition) is 6. The van der Waals surface area contributed by atoms with E-state index in [1.165, 1.54) is 12.7 Å². The van der Waals surface area contributed by atoms with Crippen LogP contribution in [0.25, 0.3) is 0 Å². The van der Waals surface area contributed by atoms with Crippen molar-refractivity contribution in [3.63, 3.8) is 0 Å². The third-order valence-corrected chi connectivity index (χ3v) is 4.87. The zero-order valence-electron chi connectivity index (χ0n) is 14.7. The topological polar surface area (TPSA) is 64.0 Å². The molecule has 0 spiro atoms. The van der Waals surface area contributed by atoms with Gasteiger partial charge in [-0.3, -0.25) is 14.7 Å². The van der Waals surface area contributed by atoms with Crippen LogP contribution in [-0.4, -0.2) is 41.8 Å². The summed E-state index contributed by atoms with van der Waals surface area (Å²) < 4.78 is 4.77. The Kier molecular flexibility index (Phi) is 4.67. The van der Waals surface area contributed by atoms with Gasteiger partial charge in [0.15, 0.2) is 6.10 Å². The van der Waals surface area contributed by atoms with Gasteiger partial charge in [0, 0.05) is 32.3 Å². The number of esters is 1. The fourth-order valence-electron chi connectivity index (χ4n) is 3.35. The van der Waals surface area contributed by atoms with E-state index >= 15 is 0 Å². The normalized spacial score (nSPS) is 20.2. The van der Waals surface area contributed by atoms with Crippen LogP contribution < -0.4 is 0 Å². The van der Waals surface area contributed by atoms with Crippen molar-refractivity contribution in [2.24, 2.45) is 11.1 Å². The van der Waals surface area contributed by atoms with Crippen LogP contribution in [-0.2, 0) is 20.9 Å². The predicted molar refractivity (Wildman–Crippen MR) is 96.4 cm³/mol. The number of nitrogens with zero attached hydrogens (tertiary/aromatic N) is 3. The second-order valence-electron chi connectivity index (χ2n) is 6.70. The van der Waals surface area contributed by atoms with Gasteiger partial charge in [0.25, 0.3) is 0 Å². The summed E-state index contributed by atoms with van der Waals surface area (Å²) in [5.74, 6) is -0.0916. The largest absolute Gasteiger partial charge is 0.469 e. The minimum Gasteiger partial charge on any atom is -0.469 e. The summed E-state index contributed by atoms with van der Waals surface area (Å²) in [4.78, 5) is 23.6. The highest BCUT2D eigenvalue weighted by atomic mass is 16.6. The maximum atomic E-state index is 11.4. The van der Waals surface area contributed by atoms with Crippen molar-refractivity contribution in [2.75, 3.05) is 20.2 Å². The zero-order valence-corrected chi connectivity index (χ0v) is 14.7. The van der Waals surface area contributed by atoms with E-state index < -0.39 is 0 Å². The van der Waals surface area contributed by atoms with Crippen LogP contribution in [0.3, 0.4) is 0 Å². The molecule has 0 N–H and O–H groups in total. The lowest BCUT2D eigenvalue weighted by Gasteiger charge is -2.37. The number of methoxy groups -OCH3 is 1. The van der Waals surface area contributed by atoms with Gasteiger partial charge in [0.05, 0.1) is 24.4 Å². The van der Waals surface area contributed by atoms with Gasteiger partial charge in [-0.1, -0.05) is 35.5 Å². The molecule has 26 heavy (non-hydrogen) atoms. The van der Waals surface area contributed by atoms with Crippen LogP contribution in [0, 0.1) is 5.92 Å². The van der Waals surface area contributed by atoms with Gasteiger partial charge < -0.3 is 9.57 Å². The summed E-state index contributed by atoms with van der Waals surface area (Å²) in [6.07, 6.45) is 2.39. The van der Waals surface area contributed by atoms with Gasteiger partial charge in [-0.15, -0.1) is 0 Å². The molecule has 134 valence electrons. The Hall–Kier alpha value is -2.73. The molecule has 1 unspecified atom stereocenters. The molecule has 0 aliphatic carbocycles. The number of oxime groups is 1. The molecule has 2 aliphatic rings. The molecule has 6 nitrogen and oxygen atoms in total. The molecule has 1 aromatic heterocycles. The van der Waals surface area contributed by atoms with Crippen LogP contribution in [0.1, 0.15) is 29.3 Å². The van der Waals surface area contributed by atoms with Crippen molar-refractivity contribution < 1.29 is 14.4 Å². The Morgan fingerprint density at radius 2 is 2.04 bits per heavy atom. The summed E-state index contributed by atoms with van der Waals surface area (Å²) in [6, 6.07) is 14.2. The van der Waals surface area contributed by atoms with Crippen LogP contribution in [0.4, 0.5) is 0 Å². The number of hydrogen-bond donors (Lipinski definition) is 0. The second kappa shape index (κ2) is 7.25. The minimum absolute atomic E-state index is 0.0211. The molecule has 1 atom stereocenters. The van der Waals surface area contributed by atoms with Crippen LogP contribution in [0.2, 0.25) is 0 Å². The highest BCUT2D eigenvalue weighted by Crippen LogP contribution is 2.28. The van der Waals surface area contributed by atoms with Gasteiger partial charge in [-0.05, 0) is 23.3 Å². The first kappa shape index (κ1) is 16.7. The Bertz CT molecular complexity index is 799. The summed E-state index contributed by atoms with van der Waals surface area (Å²) in [6.45, 7) is 2.37. The average Bonchev–Trinajstić information content (AvgIpc) is 3.15. The van der Waals surface area contributed by atoms with Gasteiger partial charge in [-0.25, -0.2) is 0 Å². The van der Waals surface area contributed by atoms with Crippen LogP contribution >= 0.6 is 0 Å². The van der Waals surface area contributed by atoms with E-state index in [4.69, 9.17) is 9.57 Å². The second-order valence-corrected chi connectivity index (χ2v) is 6.70. The molecule has 1 aromatic carbocycles. The quantitative estimate of drug-likeness (QED) is 0.775. The van der Waals surface area contributed by atoms with Crippen molar-refractivity contribution in [1.29, 1.82) is 0 Å². The van der Waals surface area contributed by atoms with E-state index in [2.05, 4.69) is 39.3 Å². The van der Waals surface area contributed by atoms with Crippen LogP contribution in [0.15, 0.2) is 53.8 Å². The van der Waals surface area contributed by atoms with E-state index in [0.717, 1.165) is 43.0 Å². The fourth-order valence-corrected chi connectivity index (χ4v) is 3.35. The number of carbonyl (C=O) groups is 1. The van der Waals surface area contributed by atoms with E-state index in [0.29, 0.717) is 0 Å². The zero-order chi connectivity index (χ0) is 17.9. The van der Waals surface area contributed by atoms with Crippen LogP contribution in [0.5, 0.6) is 0 Å². The Balaban J connectivity index is 1.32. The molecule has 6 heteroatoms. The number of rotatable bonds is 5. The summed E-state index contributed by atoms with van der Waals surface area (Å²) in [7, 11) is 1.44. The minimum atomic E-state index is -0.113. The summed E-state index contributed by atoms with van der Waals surface area (Å²) in [5, 5.41) is 4.24. The predicted octanol–water partition coefficient (Wildman–Crippen LogP) is 2.55. The molecule has 3 heterocycles. The SMILES string of the molecule is COC(=O)C1CN(Cc2ccc(C3=NOC(c4ccccn4)C3)cc2)C1. The van der Waals surface area contributed by atoms with Crippen molar-refractivity contribution in [3.05, 3.63) is 65.5 Å². The molecule has 1 fully saturated rings. The Morgan fingerprint density at radius 1 is 1.23 bits per heavy atom. The monoisotopic (exact) mass is 351 g/mol. The first-order valence-electron chi connectivity index (χ1n) is 8.76. The lowest BCUT2D eigenvalue weighted by Crippen LogP contribution is -2.49. The average molecular weight is 351 g/mol. The molecule has 4 rings (SSSR count). The third-order valence-electron chi connectivity index (χ3n) is 4.87. The molecule has 1 saturated heterocycles. The molecule has 2 aliphatic heterocycles. The lowest BCUT2D eigenvalue weighted by atomic mass is 9.98. The Morgan fingerprint density at radius 3 is 2.73 bits per heavy atom. The number of aromatic nitrogens is 1. The van der Waals surface area contributed by atoms with Crippen molar-refractivity contribution in [2.45, 2.75) is 19.1 Å². The molecular formula is C20H21N3O3. The Labute approximate surface area is 152 Å². The standard InChI is InChI=1S/C20H21N3O3/c1-25-20(24)16-12-23(13-16)11-14-5-7-15(8-6-14)18-10-19(26-22-18)17-4-2-3-9-21-17/h2-9,16,19H,10-13H2,1H3. The number of benzene rings is 1. The number of likely N-dealkylation sites (tertiary alicyclic amines) is 1. The summed E-state index contributed by atoms with van der Waals surface area (Å²) in [5.41, 5.74) is 4.14. The first-order valence-corrected chi connectivity index (χ1v) is 8.76. The molecule has 0 saturated carbocycles. The van der Waals surface area contributed by atoms with E-state index in [1.54, 1.807) is 6.20 Å². The summed E-state index contributed by atoms with van der Waals surface area (Å²) >= 11 is 0. The van der Waals surface area contributed by atoms with Crippen molar-refractivity contribution in [1.82, 2.24) is 9.88 Å². The van der Waals surface area contributed by atoms with Gasteiger partial charge >= 0.3 is 5.97 Å². The molecule has 0 bridgehead atoms. The third kappa shape index (κ3) is 3.46. The smallest absolute Gasteiger partial charge is 0.311 e. The van der Waals surface area contributed by atoms with Gasteiger partial charge in [-0.2, -0.15) is 0 Å².